The van der Waals surface area contributed by atoms with Crippen LogP contribution in [0.1, 0.15) is 24.0 Å². The van der Waals surface area contributed by atoms with Crippen LogP contribution in [0.15, 0.2) is 48.5 Å². The van der Waals surface area contributed by atoms with Crippen molar-refractivity contribution in [2.45, 2.75) is 12.8 Å². The predicted molar refractivity (Wildman–Crippen MR) is 74.2 cm³/mol. The van der Waals surface area contributed by atoms with Crippen LogP contribution < -0.4 is 11.5 Å². The van der Waals surface area contributed by atoms with Crippen molar-refractivity contribution in [1.29, 1.82) is 0 Å². The van der Waals surface area contributed by atoms with Crippen LogP contribution in [0.2, 0.25) is 0 Å². The average Bonchev–Trinajstić information content (AvgIpc) is 2.34. The lowest BCUT2D eigenvalue weighted by Crippen LogP contribution is -2.10. The second-order valence-electron chi connectivity index (χ2n) is 4.38. The summed E-state index contributed by atoms with van der Waals surface area (Å²) in [5, 5.41) is 0. The quantitative estimate of drug-likeness (QED) is 0.810. The molecule has 0 aliphatic carbocycles. The fraction of sp³-hybridized carbons (Fsp3) is 0.133. The van der Waals surface area contributed by atoms with E-state index in [0.717, 1.165) is 11.1 Å². The molecule has 4 N–H and O–H groups in total. The first-order valence-electron chi connectivity index (χ1n) is 5.79. The Kier molecular flexibility index (Phi) is 3.33. The standard InChI is InChI=1S/C15H16N2O/c1-10(18)15(11-2-6-13(16)7-3-11)12-4-8-14(17)9-5-12/h2-9,15H,16-17H2,1H3. The summed E-state index contributed by atoms with van der Waals surface area (Å²) < 4.78 is 0. The van der Waals surface area contributed by atoms with Gasteiger partial charge in [0.25, 0.3) is 0 Å². The van der Waals surface area contributed by atoms with E-state index in [9.17, 15) is 4.79 Å². The Morgan fingerprint density at radius 1 is 0.833 bits per heavy atom. The van der Waals surface area contributed by atoms with E-state index in [-0.39, 0.29) is 11.7 Å². The second kappa shape index (κ2) is 4.92. The summed E-state index contributed by atoms with van der Waals surface area (Å²) in [7, 11) is 0. The lowest BCUT2D eigenvalue weighted by atomic mass is 9.88. The van der Waals surface area contributed by atoms with E-state index >= 15 is 0 Å². The fourth-order valence-corrected chi connectivity index (χ4v) is 2.04. The number of hydrogen-bond donors (Lipinski definition) is 2. The summed E-state index contributed by atoms with van der Waals surface area (Å²) in [5.74, 6) is -0.157. The summed E-state index contributed by atoms with van der Waals surface area (Å²) >= 11 is 0. The van der Waals surface area contributed by atoms with Crippen LogP contribution in [0.5, 0.6) is 0 Å². The molecule has 0 bridgehead atoms. The molecule has 0 spiro atoms. The lowest BCUT2D eigenvalue weighted by molar-refractivity contribution is -0.117. The van der Waals surface area contributed by atoms with E-state index in [2.05, 4.69) is 0 Å². The van der Waals surface area contributed by atoms with Gasteiger partial charge in [0, 0.05) is 11.4 Å². The fourth-order valence-electron chi connectivity index (χ4n) is 2.04. The summed E-state index contributed by atoms with van der Waals surface area (Å²) in [4.78, 5) is 11.9. The smallest absolute Gasteiger partial charge is 0.141 e. The van der Waals surface area contributed by atoms with Gasteiger partial charge >= 0.3 is 0 Å². The molecule has 3 heteroatoms. The number of Topliss-reactive ketones (excluding diaryl/α,β-unsaturated/α-hetero) is 1. The molecule has 0 unspecified atom stereocenters. The van der Waals surface area contributed by atoms with E-state index in [1.54, 1.807) is 6.92 Å². The second-order valence-corrected chi connectivity index (χ2v) is 4.38. The van der Waals surface area contributed by atoms with Gasteiger partial charge < -0.3 is 11.5 Å². The molecule has 0 aliphatic heterocycles. The monoisotopic (exact) mass is 240 g/mol. The zero-order valence-electron chi connectivity index (χ0n) is 10.3. The molecule has 2 rings (SSSR count). The van der Waals surface area contributed by atoms with E-state index in [1.807, 2.05) is 48.5 Å². The van der Waals surface area contributed by atoms with E-state index < -0.39 is 0 Å². The molecule has 0 aromatic heterocycles. The molecular formula is C15H16N2O. The topological polar surface area (TPSA) is 69.1 Å². The summed E-state index contributed by atoms with van der Waals surface area (Å²) in [6.45, 7) is 1.59. The molecule has 0 fully saturated rings. The summed E-state index contributed by atoms with van der Waals surface area (Å²) in [6, 6.07) is 14.8. The Balaban J connectivity index is 2.43. The number of nitrogens with two attached hydrogens (primary N) is 2. The van der Waals surface area contributed by atoms with Crippen molar-refractivity contribution in [3.05, 3.63) is 59.7 Å². The molecule has 92 valence electrons. The number of rotatable bonds is 3. The minimum Gasteiger partial charge on any atom is -0.399 e. The van der Waals surface area contributed by atoms with Crippen molar-refractivity contribution in [3.63, 3.8) is 0 Å². The molecule has 2 aromatic carbocycles. The third-order valence-corrected chi connectivity index (χ3v) is 2.95. The van der Waals surface area contributed by atoms with Crippen molar-refractivity contribution in [2.75, 3.05) is 11.5 Å². The van der Waals surface area contributed by atoms with Crippen molar-refractivity contribution in [1.82, 2.24) is 0 Å². The van der Waals surface area contributed by atoms with Gasteiger partial charge in [-0.2, -0.15) is 0 Å². The molecule has 18 heavy (non-hydrogen) atoms. The van der Waals surface area contributed by atoms with Gasteiger partial charge in [0.2, 0.25) is 0 Å². The number of carbonyl (C=O) groups is 1. The largest absolute Gasteiger partial charge is 0.399 e. The first-order chi connectivity index (χ1) is 8.58. The Labute approximate surface area is 106 Å². The zero-order valence-corrected chi connectivity index (χ0v) is 10.3. The van der Waals surface area contributed by atoms with Crippen LogP contribution in [0, 0.1) is 0 Å². The molecular weight excluding hydrogens is 224 g/mol. The Bertz CT molecular complexity index is 498. The molecule has 0 saturated carbocycles. The normalized spacial score (nSPS) is 10.6. The number of hydrogen-bond acceptors (Lipinski definition) is 3. The Hall–Kier alpha value is -2.29. The van der Waals surface area contributed by atoms with Crippen molar-refractivity contribution in [3.8, 4) is 0 Å². The maximum atomic E-state index is 11.9. The SMILES string of the molecule is CC(=O)C(c1ccc(N)cc1)c1ccc(N)cc1. The number of ketones is 1. The number of nitrogen functional groups attached to an aromatic ring is 2. The van der Waals surface area contributed by atoms with Gasteiger partial charge in [-0.1, -0.05) is 24.3 Å². The van der Waals surface area contributed by atoms with Crippen LogP contribution in [0.3, 0.4) is 0 Å². The van der Waals surface area contributed by atoms with Crippen LogP contribution in [-0.4, -0.2) is 5.78 Å². The molecule has 0 amide bonds. The van der Waals surface area contributed by atoms with Crippen LogP contribution in [0.25, 0.3) is 0 Å². The molecule has 0 heterocycles. The average molecular weight is 240 g/mol. The summed E-state index contributed by atoms with van der Waals surface area (Å²) in [5.41, 5.74) is 14.6. The zero-order chi connectivity index (χ0) is 13.1. The minimum absolute atomic E-state index is 0.101. The van der Waals surface area contributed by atoms with E-state index in [4.69, 9.17) is 11.5 Å². The number of benzene rings is 2. The molecule has 0 atom stereocenters. The molecule has 0 aliphatic rings. The third kappa shape index (κ3) is 2.51. The van der Waals surface area contributed by atoms with Crippen molar-refractivity contribution < 1.29 is 4.79 Å². The molecule has 0 radical (unpaired) electrons. The van der Waals surface area contributed by atoms with Gasteiger partial charge in [-0.25, -0.2) is 0 Å². The van der Waals surface area contributed by atoms with Crippen LogP contribution >= 0.6 is 0 Å². The highest BCUT2D eigenvalue weighted by atomic mass is 16.1. The highest BCUT2D eigenvalue weighted by molar-refractivity contribution is 5.87. The van der Waals surface area contributed by atoms with E-state index in [1.165, 1.54) is 0 Å². The van der Waals surface area contributed by atoms with Gasteiger partial charge in [-0.3, -0.25) is 4.79 Å². The van der Waals surface area contributed by atoms with Crippen molar-refractivity contribution >= 4 is 17.2 Å². The highest BCUT2D eigenvalue weighted by Gasteiger charge is 2.18. The summed E-state index contributed by atoms with van der Waals surface area (Å²) in [6.07, 6.45) is 0. The number of carbonyl (C=O) groups excluding carboxylic acids is 1. The molecule has 3 nitrogen and oxygen atoms in total. The predicted octanol–water partition coefficient (Wildman–Crippen LogP) is 2.57. The third-order valence-electron chi connectivity index (χ3n) is 2.95. The van der Waals surface area contributed by atoms with Crippen molar-refractivity contribution in [2.24, 2.45) is 0 Å². The van der Waals surface area contributed by atoms with Gasteiger partial charge in [-0.05, 0) is 42.3 Å². The lowest BCUT2D eigenvalue weighted by Gasteiger charge is -2.15. The number of anilines is 2. The van der Waals surface area contributed by atoms with Crippen LogP contribution in [0.4, 0.5) is 11.4 Å². The van der Waals surface area contributed by atoms with Gasteiger partial charge in [0.05, 0.1) is 5.92 Å². The maximum absolute atomic E-state index is 11.9. The van der Waals surface area contributed by atoms with Gasteiger partial charge in [-0.15, -0.1) is 0 Å². The molecule has 0 saturated heterocycles. The van der Waals surface area contributed by atoms with Gasteiger partial charge in [0.15, 0.2) is 0 Å². The van der Waals surface area contributed by atoms with Crippen LogP contribution in [-0.2, 0) is 4.79 Å². The molecule has 2 aromatic rings. The first-order valence-corrected chi connectivity index (χ1v) is 5.79. The highest BCUT2D eigenvalue weighted by Crippen LogP contribution is 2.26. The Morgan fingerprint density at radius 2 is 1.17 bits per heavy atom. The first kappa shape index (κ1) is 12.2. The Morgan fingerprint density at radius 3 is 1.44 bits per heavy atom. The maximum Gasteiger partial charge on any atom is 0.141 e. The van der Waals surface area contributed by atoms with Gasteiger partial charge in [0.1, 0.15) is 5.78 Å². The van der Waals surface area contributed by atoms with E-state index in [0.29, 0.717) is 11.4 Å². The minimum atomic E-state index is -0.258.